The van der Waals surface area contributed by atoms with Gasteiger partial charge in [0.1, 0.15) is 0 Å². The molecule has 0 radical (unpaired) electrons. The van der Waals surface area contributed by atoms with Crippen molar-refractivity contribution in [1.29, 1.82) is 0 Å². The van der Waals surface area contributed by atoms with E-state index in [1.54, 1.807) is 13.1 Å². The predicted molar refractivity (Wildman–Crippen MR) is 165 cm³/mol. The molecule has 1 N–H and O–H groups in total. The molecular formula is C26H36Cl4FN7O. The fourth-order valence-corrected chi connectivity index (χ4v) is 5.00. The van der Waals surface area contributed by atoms with Gasteiger partial charge in [-0.25, -0.2) is 9.37 Å². The molecule has 2 aliphatic rings. The topological polar surface area (TPSA) is 69.5 Å². The van der Waals surface area contributed by atoms with Crippen LogP contribution in [0.15, 0.2) is 53.6 Å². The van der Waals surface area contributed by atoms with Gasteiger partial charge in [-0.15, -0.1) is 49.6 Å². The molecule has 3 aromatic rings. The van der Waals surface area contributed by atoms with E-state index in [1.165, 1.54) is 34.5 Å². The minimum atomic E-state index is -0.493. The van der Waals surface area contributed by atoms with Crippen LogP contribution in [0.2, 0.25) is 0 Å². The maximum atomic E-state index is 14.3. The largest absolute Gasteiger partial charge is 0.370 e. The minimum Gasteiger partial charge on any atom is -0.370 e. The highest BCUT2D eigenvalue weighted by atomic mass is 35.5. The van der Waals surface area contributed by atoms with Crippen molar-refractivity contribution >= 4 is 61.3 Å². The predicted octanol–water partition coefficient (Wildman–Crippen LogP) is 3.96. The fourth-order valence-electron chi connectivity index (χ4n) is 5.00. The smallest absolute Gasteiger partial charge is 0.255 e. The summed E-state index contributed by atoms with van der Waals surface area (Å²) in [5.41, 5.74) is 2.83. The molecule has 0 amide bonds. The Morgan fingerprint density at radius 1 is 1.00 bits per heavy atom. The Hall–Kier alpha value is -2.14. The Balaban J connectivity index is 0.00000190. The summed E-state index contributed by atoms with van der Waals surface area (Å²) in [5, 5.41) is 3.59. The average molecular weight is 623 g/mol. The monoisotopic (exact) mass is 621 g/mol. The van der Waals surface area contributed by atoms with E-state index in [2.05, 4.69) is 68.3 Å². The number of nitrogens with zero attached hydrogens (tertiary/aromatic N) is 6. The first-order chi connectivity index (χ1) is 16.9. The average Bonchev–Trinajstić information content (AvgIpc) is 3.37. The second-order valence-electron chi connectivity index (χ2n) is 9.59. The molecule has 2 saturated heterocycles. The van der Waals surface area contributed by atoms with Crippen molar-refractivity contribution in [2.24, 2.45) is 7.05 Å². The first kappa shape index (κ1) is 34.9. The number of hydrogen-bond donors (Lipinski definition) is 1. The molecule has 2 atom stereocenters. The summed E-state index contributed by atoms with van der Waals surface area (Å²) in [7, 11) is 6.00. The first-order valence-electron chi connectivity index (χ1n) is 12.1. The van der Waals surface area contributed by atoms with Gasteiger partial charge in [-0.2, -0.15) is 0 Å². The van der Waals surface area contributed by atoms with Crippen molar-refractivity contribution in [2.45, 2.75) is 18.5 Å². The van der Waals surface area contributed by atoms with E-state index in [0.717, 1.165) is 25.8 Å². The molecule has 0 spiro atoms. The van der Waals surface area contributed by atoms with Crippen molar-refractivity contribution in [2.75, 3.05) is 56.6 Å². The summed E-state index contributed by atoms with van der Waals surface area (Å²) in [6, 6.07) is 12.4. The van der Waals surface area contributed by atoms with Gasteiger partial charge in [0.25, 0.3) is 5.56 Å². The molecule has 0 aliphatic carbocycles. The molecule has 0 saturated carbocycles. The number of hydrogen-bond acceptors (Lipinski definition) is 7. The highest BCUT2D eigenvalue weighted by Crippen LogP contribution is 2.27. The zero-order valence-corrected chi connectivity index (χ0v) is 25.4. The van der Waals surface area contributed by atoms with E-state index in [9.17, 15) is 9.18 Å². The zero-order valence-electron chi connectivity index (χ0n) is 22.1. The number of anilines is 2. The van der Waals surface area contributed by atoms with Crippen LogP contribution in [0.5, 0.6) is 0 Å². The third kappa shape index (κ3) is 7.54. The third-order valence-electron chi connectivity index (χ3n) is 7.17. The molecule has 216 valence electrons. The van der Waals surface area contributed by atoms with Gasteiger partial charge in [0.2, 0.25) is 5.95 Å². The summed E-state index contributed by atoms with van der Waals surface area (Å²) in [5.74, 6) is 0.0472. The fraction of sp³-hybridized carbons (Fsp3) is 0.423. The van der Waals surface area contributed by atoms with Gasteiger partial charge in [0, 0.05) is 75.4 Å². The summed E-state index contributed by atoms with van der Waals surface area (Å²) < 4.78 is 15.9. The van der Waals surface area contributed by atoms with E-state index in [-0.39, 0.29) is 66.8 Å². The van der Waals surface area contributed by atoms with Gasteiger partial charge in [-0.05, 0) is 44.3 Å². The van der Waals surface area contributed by atoms with Crippen molar-refractivity contribution in [1.82, 2.24) is 24.8 Å². The SMILES string of the molecule is CN(C)[C@H]1CCN(c2ccc([C@H]3CN(c4nc(-c5ccncc5F)cc(=O)n4C)CCN3)cc2)C1.Cl.Cl.Cl.Cl. The van der Waals surface area contributed by atoms with Crippen LogP contribution in [-0.4, -0.2) is 72.3 Å². The Morgan fingerprint density at radius 3 is 2.36 bits per heavy atom. The Labute approximate surface area is 253 Å². The molecule has 13 heteroatoms. The number of likely N-dealkylation sites (N-methyl/N-ethyl adjacent to an activating group) is 1. The van der Waals surface area contributed by atoms with Crippen LogP contribution in [0.3, 0.4) is 0 Å². The lowest BCUT2D eigenvalue weighted by molar-refractivity contribution is 0.315. The van der Waals surface area contributed by atoms with Crippen molar-refractivity contribution in [3.63, 3.8) is 0 Å². The van der Waals surface area contributed by atoms with Gasteiger partial charge in [0.15, 0.2) is 5.82 Å². The minimum absolute atomic E-state index is 0. The second kappa shape index (κ2) is 15.0. The number of rotatable bonds is 5. The maximum Gasteiger partial charge on any atom is 0.255 e. The summed E-state index contributed by atoms with van der Waals surface area (Å²) >= 11 is 0. The molecule has 0 bridgehead atoms. The van der Waals surface area contributed by atoms with Crippen LogP contribution >= 0.6 is 49.6 Å². The number of aromatic nitrogens is 3. The molecule has 4 heterocycles. The lowest BCUT2D eigenvalue weighted by atomic mass is 10.0. The molecule has 39 heavy (non-hydrogen) atoms. The van der Waals surface area contributed by atoms with Crippen molar-refractivity contribution in [3.8, 4) is 11.3 Å². The van der Waals surface area contributed by atoms with Gasteiger partial charge in [-0.3, -0.25) is 14.3 Å². The quantitative estimate of drug-likeness (QED) is 0.462. The zero-order chi connectivity index (χ0) is 24.5. The van der Waals surface area contributed by atoms with Crippen LogP contribution in [-0.2, 0) is 7.05 Å². The molecule has 2 aromatic heterocycles. The van der Waals surface area contributed by atoms with Crippen molar-refractivity contribution < 1.29 is 4.39 Å². The van der Waals surface area contributed by atoms with Crippen LogP contribution < -0.4 is 20.7 Å². The van der Waals surface area contributed by atoms with Crippen LogP contribution in [0.25, 0.3) is 11.3 Å². The van der Waals surface area contributed by atoms with Gasteiger partial charge < -0.3 is 20.0 Å². The molecule has 8 nitrogen and oxygen atoms in total. The lowest BCUT2D eigenvalue weighted by Crippen LogP contribution is -2.47. The Bertz CT molecular complexity index is 1260. The molecule has 0 unspecified atom stereocenters. The number of nitrogens with one attached hydrogen (secondary N) is 1. The van der Waals surface area contributed by atoms with Crippen LogP contribution in [0.4, 0.5) is 16.0 Å². The first-order valence-corrected chi connectivity index (χ1v) is 12.1. The molecule has 2 aliphatic heterocycles. The number of benzene rings is 1. The highest BCUT2D eigenvalue weighted by molar-refractivity contribution is 5.86. The normalized spacial score (nSPS) is 18.5. The van der Waals surface area contributed by atoms with Gasteiger partial charge in [0.05, 0.1) is 11.9 Å². The van der Waals surface area contributed by atoms with Crippen molar-refractivity contribution in [3.05, 3.63) is 70.5 Å². The molecule has 2 fully saturated rings. The lowest BCUT2D eigenvalue weighted by Gasteiger charge is -2.35. The highest BCUT2D eigenvalue weighted by Gasteiger charge is 2.26. The summed E-state index contributed by atoms with van der Waals surface area (Å²) in [4.78, 5) is 28.0. The number of pyridine rings is 1. The number of piperazine rings is 1. The number of halogens is 5. The Morgan fingerprint density at radius 2 is 1.72 bits per heavy atom. The Kier molecular flexibility index (Phi) is 13.4. The van der Waals surface area contributed by atoms with E-state index in [0.29, 0.717) is 30.8 Å². The van der Waals surface area contributed by atoms with Crippen LogP contribution in [0, 0.1) is 5.82 Å². The molecule has 5 rings (SSSR count). The standard InChI is InChI=1S/C26H32FN7O.4ClH/c1-31(2)20-9-12-33(16-20)19-6-4-18(5-7-19)24-17-34(13-11-29-24)26-30-23(14-25(35)32(26)3)21-8-10-28-15-22(21)27;;;;/h4-8,10,14-15,20,24,29H,9,11-13,16-17H2,1-3H3;4*1H/t20-,24+;;;;/m0..../s1. The van der Waals surface area contributed by atoms with Crippen LogP contribution in [0.1, 0.15) is 18.0 Å². The summed E-state index contributed by atoms with van der Waals surface area (Å²) in [6.07, 6.45) is 3.83. The van der Waals surface area contributed by atoms with E-state index >= 15 is 0 Å². The van der Waals surface area contributed by atoms with E-state index in [4.69, 9.17) is 0 Å². The van der Waals surface area contributed by atoms with E-state index < -0.39 is 5.82 Å². The van der Waals surface area contributed by atoms with Gasteiger partial charge >= 0.3 is 0 Å². The third-order valence-corrected chi connectivity index (χ3v) is 7.17. The van der Waals surface area contributed by atoms with Gasteiger partial charge in [-0.1, -0.05) is 12.1 Å². The maximum absolute atomic E-state index is 14.3. The summed E-state index contributed by atoms with van der Waals surface area (Å²) in [6.45, 7) is 4.25. The molecular weight excluding hydrogens is 587 g/mol. The molecule has 1 aromatic carbocycles. The van der Waals surface area contributed by atoms with E-state index in [1.807, 2.05) is 0 Å². The second-order valence-corrected chi connectivity index (χ2v) is 9.59.